The predicted molar refractivity (Wildman–Crippen MR) is 80.3 cm³/mol. The molecule has 1 aliphatic heterocycles. The highest BCUT2D eigenvalue weighted by Gasteiger charge is 2.27. The molecule has 110 valence electrons. The Morgan fingerprint density at radius 2 is 2.05 bits per heavy atom. The van der Waals surface area contributed by atoms with E-state index in [9.17, 15) is 9.59 Å². The van der Waals surface area contributed by atoms with Gasteiger partial charge >= 0.3 is 6.03 Å². The Bertz CT molecular complexity index is 733. The Labute approximate surface area is 122 Å². The molecular weight excluding hydrogens is 268 g/mol. The molecule has 0 bridgehead atoms. The summed E-state index contributed by atoms with van der Waals surface area (Å²) >= 11 is 0. The van der Waals surface area contributed by atoms with Crippen molar-refractivity contribution < 1.29 is 9.59 Å². The number of rotatable bonds is 2. The van der Waals surface area contributed by atoms with Crippen LogP contribution in [0.2, 0.25) is 0 Å². The second-order valence-corrected chi connectivity index (χ2v) is 5.63. The van der Waals surface area contributed by atoms with Crippen molar-refractivity contribution >= 4 is 28.7 Å². The quantitative estimate of drug-likeness (QED) is 0.919. The van der Waals surface area contributed by atoms with Crippen LogP contribution in [0.4, 0.5) is 10.6 Å². The maximum absolute atomic E-state index is 12.0. The van der Waals surface area contributed by atoms with Gasteiger partial charge in [-0.25, -0.2) is 4.79 Å². The molecule has 21 heavy (non-hydrogen) atoms. The number of amides is 3. The molecular formula is C15H18N4O2. The summed E-state index contributed by atoms with van der Waals surface area (Å²) in [6.07, 6.45) is 0.299. The molecule has 1 aliphatic rings. The lowest BCUT2D eigenvalue weighted by atomic mass is 10.0. The zero-order valence-corrected chi connectivity index (χ0v) is 12.4. The molecule has 0 spiro atoms. The highest BCUT2D eigenvalue weighted by atomic mass is 16.2. The van der Waals surface area contributed by atoms with Gasteiger partial charge in [0.05, 0.1) is 5.52 Å². The Hall–Kier alpha value is -2.37. The molecule has 3 rings (SSSR count). The summed E-state index contributed by atoms with van der Waals surface area (Å²) in [6, 6.07) is 5.75. The minimum atomic E-state index is -0.404. The van der Waals surface area contributed by atoms with Crippen molar-refractivity contribution in [2.45, 2.75) is 26.2 Å². The number of nitrogens with zero attached hydrogens (tertiary/aromatic N) is 3. The third-order valence-corrected chi connectivity index (χ3v) is 3.83. The van der Waals surface area contributed by atoms with Crippen molar-refractivity contribution in [3.05, 3.63) is 23.8 Å². The second kappa shape index (κ2) is 4.87. The zero-order chi connectivity index (χ0) is 15.1. The van der Waals surface area contributed by atoms with Crippen LogP contribution in [0.15, 0.2) is 18.2 Å². The van der Waals surface area contributed by atoms with Gasteiger partial charge in [0.2, 0.25) is 5.91 Å². The lowest BCUT2D eigenvalue weighted by Gasteiger charge is -2.24. The van der Waals surface area contributed by atoms with Crippen LogP contribution in [0.25, 0.3) is 10.9 Å². The topological polar surface area (TPSA) is 67.2 Å². The van der Waals surface area contributed by atoms with Crippen LogP contribution in [-0.2, 0) is 11.8 Å². The van der Waals surface area contributed by atoms with E-state index in [1.807, 2.05) is 13.1 Å². The molecule has 1 saturated heterocycles. The van der Waals surface area contributed by atoms with E-state index in [-0.39, 0.29) is 5.91 Å². The number of hydrogen-bond donors (Lipinski definition) is 1. The number of benzene rings is 1. The molecule has 0 unspecified atom stereocenters. The molecule has 1 aromatic carbocycles. The molecule has 0 aliphatic carbocycles. The van der Waals surface area contributed by atoms with Crippen molar-refractivity contribution in [2.24, 2.45) is 7.05 Å². The van der Waals surface area contributed by atoms with Crippen LogP contribution in [0.5, 0.6) is 0 Å². The van der Waals surface area contributed by atoms with Crippen LogP contribution in [-0.4, -0.2) is 28.3 Å². The third kappa shape index (κ3) is 2.26. The monoisotopic (exact) mass is 286 g/mol. The van der Waals surface area contributed by atoms with E-state index in [4.69, 9.17) is 0 Å². The number of fused-ring (bicyclic) bond motifs is 1. The normalized spacial score (nSPS) is 15.9. The smallest absolute Gasteiger partial charge is 0.278 e. The molecule has 1 N–H and O–H groups in total. The highest BCUT2D eigenvalue weighted by molar-refractivity contribution is 6.08. The van der Waals surface area contributed by atoms with Gasteiger partial charge in [-0.15, -0.1) is 0 Å². The Kier molecular flexibility index (Phi) is 3.16. The van der Waals surface area contributed by atoms with E-state index >= 15 is 0 Å². The lowest BCUT2D eigenvalue weighted by Crippen LogP contribution is -2.49. The Balaban J connectivity index is 2.08. The number of nitrogens with one attached hydrogen (secondary N) is 1. The minimum absolute atomic E-state index is 0.237. The summed E-state index contributed by atoms with van der Waals surface area (Å²) < 4.78 is 1.78. The van der Waals surface area contributed by atoms with Gasteiger partial charge in [0.1, 0.15) is 0 Å². The molecule has 6 heteroatoms. The van der Waals surface area contributed by atoms with Crippen LogP contribution in [0.1, 0.15) is 31.7 Å². The van der Waals surface area contributed by atoms with Crippen molar-refractivity contribution in [3.63, 3.8) is 0 Å². The van der Waals surface area contributed by atoms with Gasteiger partial charge in [0, 0.05) is 25.4 Å². The van der Waals surface area contributed by atoms with Crippen LogP contribution < -0.4 is 10.2 Å². The van der Waals surface area contributed by atoms with Gasteiger partial charge in [-0.05, 0) is 23.6 Å². The molecule has 2 aromatic rings. The highest BCUT2D eigenvalue weighted by Crippen LogP contribution is 2.29. The number of imide groups is 1. The first-order valence-electron chi connectivity index (χ1n) is 7.05. The van der Waals surface area contributed by atoms with E-state index in [0.29, 0.717) is 24.7 Å². The van der Waals surface area contributed by atoms with Gasteiger partial charge in [0.15, 0.2) is 5.82 Å². The molecule has 0 radical (unpaired) electrons. The summed E-state index contributed by atoms with van der Waals surface area (Å²) in [7, 11) is 1.86. The Morgan fingerprint density at radius 1 is 1.29 bits per heavy atom. The zero-order valence-electron chi connectivity index (χ0n) is 12.4. The molecule has 6 nitrogen and oxygen atoms in total. The van der Waals surface area contributed by atoms with Crippen molar-refractivity contribution in [1.82, 2.24) is 15.1 Å². The van der Waals surface area contributed by atoms with Gasteiger partial charge in [-0.3, -0.25) is 19.7 Å². The SMILES string of the molecule is CC(C)c1ccc2c(N3CCC(=O)NC3=O)nn(C)c2c1. The van der Waals surface area contributed by atoms with E-state index < -0.39 is 6.03 Å². The van der Waals surface area contributed by atoms with Crippen LogP contribution in [0, 0.1) is 0 Å². The fourth-order valence-electron chi connectivity index (χ4n) is 2.58. The number of urea groups is 1. The summed E-state index contributed by atoms with van der Waals surface area (Å²) in [4.78, 5) is 24.8. The predicted octanol–water partition coefficient (Wildman–Crippen LogP) is 2.14. The maximum Gasteiger partial charge on any atom is 0.329 e. The van der Waals surface area contributed by atoms with Gasteiger partial charge in [-0.2, -0.15) is 5.10 Å². The average Bonchev–Trinajstić information content (AvgIpc) is 2.75. The number of hydrogen-bond acceptors (Lipinski definition) is 3. The molecule has 1 aromatic heterocycles. The molecule has 2 heterocycles. The van der Waals surface area contributed by atoms with Crippen LogP contribution in [0.3, 0.4) is 0 Å². The molecule has 0 saturated carbocycles. The molecule has 3 amide bonds. The standard InChI is InChI=1S/C15H18N4O2/c1-9(2)10-4-5-11-12(8-10)18(3)17-14(11)19-7-6-13(20)16-15(19)21/h4-5,8-9H,6-7H2,1-3H3,(H,16,20,21). The summed E-state index contributed by atoms with van der Waals surface area (Å²) in [5.41, 5.74) is 2.22. The van der Waals surface area contributed by atoms with Gasteiger partial charge in [0.25, 0.3) is 0 Å². The first kappa shape index (κ1) is 13.6. The van der Waals surface area contributed by atoms with Crippen LogP contribution >= 0.6 is 0 Å². The molecule has 0 atom stereocenters. The van der Waals surface area contributed by atoms with E-state index in [2.05, 4.69) is 36.4 Å². The summed E-state index contributed by atoms with van der Waals surface area (Å²) in [5, 5.41) is 7.71. The number of anilines is 1. The number of carbonyl (C=O) groups excluding carboxylic acids is 2. The number of carbonyl (C=O) groups is 2. The number of aryl methyl sites for hydroxylation is 1. The second-order valence-electron chi connectivity index (χ2n) is 5.63. The van der Waals surface area contributed by atoms with Gasteiger partial charge in [-0.1, -0.05) is 19.9 Å². The lowest BCUT2D eigenvalue weighted by molar-refractivity contribution is -0.120. The fourth-order valence-corrected chi connectivity index (χ4v) is 2.58. The first-order valence-corrected chi connectivity index (χ1v) is 7.05. The summed E-state index contributed by atoms with van der Waals surface area (Å²) in [5.74, 6) is 0.801. The van der Waals surface area contributed by atoms with Gasteiger partial charge < -0.3 is 0 Å². The number of aromatic nitrogens is 2. The summed E-state index contributed by atoms with van der Waals surface area (Å²) in [6.45, 7) is 4.65. The fraction of sp³-hybridized carbons (Fsp3) is 0.400. The first-order chi connectivity index (χ1) is 9.97. The minimum Gasteiger partial charge on any atom is -0.278 e. The van der Waals surface area contributed by atoms with Crippen molar-refractivity contribution in [1.29, 1.82) is 0 Å². The largest absolute Gasteiger partial charge is 0.329 e. The van der Waals surface area contributed by atoms with E-state index in [1.165, 1.54) is 10.5 Å². The van der Waals surface area contributed by atoms with E-state index in [0.717, 1.165) is 10.9 Å². The maximum atomic E-state index is 12.0. The van der Waals surface area contributed by atoms with E-state index in [1.54, 1.807) is 4.68 Å². The molecule has 1 fully saturated rings. The average molecular weight is 286 g/mol. The van der Waals surface area contributed by atoms with Crippen molar-refractivity contribution in [3.8, 4) is 0 Å². The Morgan fingerprint density at radius 3 is 2.71 bits per heavy atom. The third-order valence-electron chi connectivity index (χ3n) is 3.83. The van der Waals surface area contributed by atoms with Crippen molar-refractivity contribution in [2.75, 3.05) is 11.4 Å².